The number of rotatable bonds is 8. The monoisotopic (exact) mass is 416 g/mol. The van der Waals surface area contributed by atoms with Crippen molar-refractivity contribution in [2.24, 2.45) is 0 Å². The second-order valence-electron chi connectivity index (χ2n) is 7.11. The van der Waals surface area contributed by atoms with Crippen LogP contribution in [0, 0.1) is 6.92 Å². The first-order valence-electron chi connectivity index (χ1n) is 9.36. The van der Waals surface area contributed by atoms with Crippen LogP contribution in [0.4, 0.5) is 0 Å². The molecule has 29 heavy (non-hydrogen) atoms. The predicted molar refractivity (Wildman–Crippen MR) is 108 cm³/mol. The number of benzene rings is 2. The van der Waals surface area contributed by atoms with Gasteiger partial charge in [0.05, 0.1) is 12.0 Å². The minimum atomic E-state index is -3.69. The number of amides is 1. The van der Waals surface area contributed by atoms with Crippen LogP contribution in [0.3, 0.4) is 0 Å². The number of carbonyl (C=O) groups excluding carboxylic acids is 2. The molecule has 0 aliphatic heterocycles. The molecule has 1 atom stereocenters. The third kappa shape index (κ3) is 5.42. The molecule has 3 rings (SSSR count). The molecule has 1 aliphatic carbocycles. The molecule has 0 heterocycles. The zero-order chi connectivity index (χ0) is 21.0. The lowest BCUT2D eigenvalue weighted by Gasteiger charge is -2.18. The number of ether oxygens (including phenoxy) is 1. The van der Waals surface area contributed by atoms with E-state index in [0.717, 1.165) is 18.4 Å². The van der Waals surface area contributed by atoms with Gasteiger partial charge in [0.1, 0.15) is 6.04 Å². The van der Waals surface area contributed by atoms with Gasteiger partial charge in [-0.3, -0.25) is 4.79 Å². The van der Waals surface area contributed by atoms with Crippen molar-refractivity contribution in [1.82, 2.24) is 10.0 Å². The number of nitrogens with one attached hydrogen (secondary N) is 2. The Morgan fingerprint density at radius 2 is 1.83 bits per heavy atom. The van der Waals surface area contributed by atoms with Crippen LogP contribution in [0.2, 0.25) is 0 Å². The van der Waals surface area contributed by atoms with E-state index in [9.17, 15) is 18.0 Å². The minimum absolute atomic E-state index is 0.0258. The summed E-state index contributed by atoms with van der Waals surface area (Å²) in [4.78, 5) is 25.1. The van der Waals surface area contributed by atoms with Crippen molar-refractivity contribution >= 4 is 21.9 Å². The maximum absolute atomic E-state index is 12.9. The van der Waals surface area contributed by atoms with E-state index in [1.165, 1.54) is 19.2 Å². The largest absolute Gasteiger partial charge is 0.467 e. The standard InChI is InChI=1S/C21H24N2O5S/c1-14-8-11-17(29(26,27)23-16-9-10-16)13-18(14)20(24)22-19(21(25)28-2)12-15-6-4-3-5-7-15/h3-8,11,13,16,19,23H,9-10,12H2,1-2H3,(H,22,24)/t19-/m0/s1. The predicted octanol–water partition coefficient (Wildman–Crippen LogP) is 1.95. The van der Waals surface area contributed by atoms with Gasteiger partial charge in [-0.25, -0.2) is 17.9 Å². The molecule has 2 aromatic carbocycles. The lowest BCUT2D eigenvalue weighted by molar-refractivity contribution is -0.142. The van der Waals surface area contributed by atoms with Gasteiger partial charge in [-0.2, -0.15) is 0 Å². The fourth-order valence-corrected chi connectivity index (χ4v) is 4.25. The van der Waals surface area contributed by atoms with Gasteiger partial charge >= 0.3 is 5.97 Å². The van der Waals surface area contributed by atoms with Crippen molar-refractivity contribution in [3.8, 4) is 0 Å². The van der Waals surface area contributed by atoms with Crippen LogP contribution in [0.5, 0.6) is 0 Å². The summed E-state index contributed by atoms with van der Waals surface area (Å²) in [5.41, 5.74) is 1.67. The third-order valence-corrected chi connectivity index (χ3v) is 6.25. The summed E-state index contributed by atoms with van der Waals surface area (Å²) in [7, 11) is -2.43. The van der Waals surface area contributed by atoms with Crippen molar-refractivity contribution in [3.05, 3.63) is 65.2 Å². The Morgan fingerprint density at radius 1 is 1.14 bits per heavy atom. The molecule has 154 valence electrons. The maximum atomic E-state index is 12.9. The van der Waals surface area contributed by atoms with Crippen LogP contribution in [0.1, 0.15) is 34.3 Å². The number of carbonyl (C=O) groups is 2. The SMILES string of the molecule is COC(=O)[C@H](Cc1ccccc1)NC(=O)c1cc(S(=O)(=O)NC2CC2)ccc1C. The molecule has 1 aliphatic rings. The van der Waals surface area contributed by atoms with E-state index >= 15 is 0 Å². The summed E-state index contributed by atoms with van der Waals surface area (Å²) >= 11 is 0. The van der Waals surface area contributed by atoms with Gasteiger partial charge in [0.25, 0.3) is 5.91 Å². The summed E-state index contributed by atoms with van der Waals surface area (Å²) in [6, 6.07) is 12.7. The summed E-state index contributed by atoms with van der Waals surface area (Å²) in [6.45, 7) is 1.71. The number of esters is 1. The number of sulfonamides is 1. The zero-order valence-corrected chi connectivity index (χ0v) is 17.2. The maximum Gasteiger partial charge on any atom is 0.328 e. The Balaban J connectivity index is 1.82. The number of aryl methyl sites for hydroxylation is 1. The van der Waals surface area contributed by atoms with Crippen molar-refractivity contribution in [2.75, 3.05) is 7.11 Å². The van der Waals surface area contributed by atoms with Crippen molar-refractivity contribution in [3.63, 3.8) is 0 Å². The van der Waals surface area contributed by atoms with Gasteiger partial charge in [0.2, 0.25) is 10.0 Å². The topological polar surface area (TPSA) is 102 Å². The lowest BCUT2D eigenvalue weighted by atomic mass is 10.0. The van der Waals surface area contributed by atoms with Crippen LogP contribution in [0.25, 0.3) is 0 Å². The van der Waals surface area contributed by atoms with Gasteiger partial charge in [0.15, 0.2) is 0 Å². The van der Waals surface area contributed by atoms with E-state index in [2.05, 4.69) is 10.0 Å². The smallest absolute Gasteiger partial charge is 0.328 e. The van der Waals surface area contributed by atoms with Crippen molar-refractivity contribution in [2.45, 2.75) is 43.2 Å². The van der Waals surface area contributed by atoms with Crippen LogP contribution < -0.4 is 10.0 Å². The summed E-state index contributed by atoms with van der Waals surface area (Å²) in [5.74, 6) is -1.10. The molecule has 8 heteroatoms. The van der Waals surface area contributed by atoms with Gasteiger partial charge in [0, 0.05) is 18.0 Å². The zero-order valence-electron chi connectivity index (χ0n) is 16.3. The fourth-order valence-electron chi connectivity index (χ4n) is 2.92. The highest BCUT2D eigenvalue weighted by molar-refractivity contribution is 7.89. The Morgan fingerprint density at radius 3 is 2.45 bits per heavy atom. The third-order valence-electron chi connectivity index (χ3n) is 4.74. The van der Waals surface area contributed by atoms with Gasteiger partial charge in [-0.1, -0.05) is 36.4 Å². The summed E-state index contributed by atoms with van der Waals surface area (Å²) < 4.78 is 32.4. The summed E-state index contributed by atoms with van der Waals surface area (Å²) in [6.07, 6.45) is 1.90. The molecule has 7 nitrogen and oxygen atoms in total. The van der Waals surface area contributed by atoms with Gasteiger partial charge < -0.3 is 10.1 Å². The van der Waals surface area contributed by atoms with Crippen molar-refractivity contribution in [1.29, 1.82) is 0 Å². The van der Waals surface area contributed by atoms with Gasteiger partial charge in [-0.05, 0) is 43.0 Å². The van der Waals surface area contributed by atoms with Gasteiger partial charge in [-0.15, -0.1) is 0 Å². The molecule has 0 spiro atoms. The average molecular weight is 416 g/mol. The number of hydrogen-bond acceptors (Lipinski definition) is 5. The highest BCUT2D eigenvalue weighted by Gasteiger charge is 2.29. The highest BCUT2D eigenvalue weighted by atomic mass is 32.2. The molecule has 0 radical (unpaired) electrons. The Labute approximate surface area is 170 Å². The molecular formula is C21H24N2O5S. The molecular weight excluding hydrogens is 392 g/mol. The van der Waals surface area contributed by atoms with Crippen LogP contribution in [0.15, 0.2) is 53.4 Å². The first kappa shape index (κ1) is 21.0. The second kappa shape index (κ2) is 8.75. The molecule has 0 bridgehead atoms. The van der Waals surface area contributed by atoms with E-state index in [0.29, 0.717) is 5.56 Å². The Hall–Kier alpha value is -2.71. The first-order valence-corrected chi connectivity index (χ1v) is 10.8. The summed E-state index contributed by atoms with van der Waals surface area (Å²) in [5, 5.41) is 2.68. The molecule has 2 N–H and O–H groups in total. The molecule has 1 amide bonds. The van der Waals surface area contributed by atoms with E-state index < -0.39 is 27.9 Å². The van der Waals surface area contributed by atoms with E-state index in [1.54, 1.807) is 13.0 Å². The first-order chi connectivity index (χ1) is 13.8. The quantitative estimate of drug-likeness (QED) is 0.641. The van der Waals surface area contributed by atoms with Crippen LogP contribution in [-0.2, 0) is 26.0 Å². The molecule has 0 aromatic heterocycles. The molecule has 1 saturated carbocycles. The Kier molecular flexibility index (Phi) is 6.34. The highest BCUT2D eigenvalue weighted by Crippen LogP contribution is 2.23. The molecule has 0 saturated heterocycles. The molecule has 0 unspecified atom stereocenters. The van der Waals surface area contributed by atoms with Crippen molar-refractivity contribution < 1.29 is 22.7 Å². The normalized spacial score (nSPS) is 14.8. The van der Waals surface area contributed by atoms with E-state index in [4.69, 9.17) is 4.74 Å². The van der Waals surface area contributed by atoms with E-state index in [1.807, 2.05) is 30.3 Å². The number of methoxy groups -OCH3 is 1. The molecule has 2 aromatic rings. The molecule has 1 fully saturated rings. The van der Waals surface area contributed by atoms with Crippen LogP contribution in [-0.4, -0.2) is 39.5 Å². The second-order valence-corrected chi connectivity index (χ2v) is 8.83. The average Bonchev–Trinajstić information content (AvgIpc) is 3.51. The van der Waals surface area contributed by atoms with E-state index in [-0.39, 0.29) is 22.9 Å². The minimum Gasteiger partial charge on any atom is -0.467 e. The Bertz CT molecular complexity index is 1000. The fraction of sp³-hybridized carbons (Fsp3) is 0.333. The van der Waals surface area contributed by atoms with Crippen LogP contribution >= 0.6 is 0 Å². The lowest BCUT2D eigenvalue weighted by Crippen LogP contribution is -2.43. The number of hydrogen-bond donors (Lipinski definition) is 2.